The lowest BCUT2D eigenvalue weighted by Crippen LogP contribution is -2.30. The number of rotatable bonds is 46. The van der Waals surface area contributed by atoms with Crippen molar-refractivity contribution in [2.24, 2.45) is 0 Å². The lowest BCUT2D eigenvalue weighted by atomic mass is 10.0. The maximum absolute atomic E-state index is 12.7. The van der Waals surface area contributed by atoms with E-state index in [2.05, 4.69) is 118 Å². The van der Waals surface area contributed by atoms with E-state index in [9.17, 15) is 14.4 Å². The van der Waals surface area contributed by atoms with Crippen LogP contribution in [0.15, 0.2) is 97.2 Å². The summed E-state index contributed by atoms with van der Waals surface area (Å²) < 4.78 is 16.6. The lowest BCUT2D eigenvalue weighted by Gasteiger charge is -2.18. The summed E-state index contributed by atoms with van der Waals surface area (Å²) in [6, 6.07) is 0. The molecule has 0 spiro atoms. The van der Waals surface area contributed by atoms with Crippen LogP contribution in [0.5, 0.6) is 0 Å². The van der Waals surface area contributed by atoms with Crippen molar-refractivity contribution in [2.45, 2.75) is 239 Å². The van der Waals surface area contributed by atoms with Crippen LogP contribution in [0.3, 0.4) is 0 Å². The Kier molecular flexibility index (Phi) is 49.0. The highest BCUT2D eigenvalue weighted by Crippen LogP contribution is 2.14. The summed E-state index contributed by atoms with van der Waals surface area (Å²) in [7, 11) is 0. The predicted molar refractivity (Wildman–Crippen MR) is 274 cm³/mol. The maximum atomic E-state index is 12.7. The van der Waals surface area contributed by atoms with E-state index in [1.54, 1.807) is 0 Å². The van der Waals surface area contributed by atoms with Crippen LogP contribution < -0.4 is 0 Å². The van der Waals surface area contributed by atoms with Gasteiger partial charge in [-0.15, -0.1) is 0 Å². The van der Waals surface area contributed by atoms with E-state index in [4.69, 9.17) is 14.2 Å². The van der Waals surface area contributed by atoms with E-state index >= 15 is 0 Å². The van der Waals surface area contributed by atoms with Gasteiger partial charge >= 0.3 is 17.9 Å². The summed E-state index contributed by atoms with van der Waals surface area (Å²) >= 11 is 0. The van der Waals surface area contributed by atoms with Crippen LogP contribution in [-0.2, 0) is 28.6 Å². The number of hydrogen-bond donors (Lipinski definition) is 0. The fourth-order valence-electron chi connectivity index (χ4n) is 6.93. The summed E-state index contributed by atoms with van der Waals surface area (Å²) in [5.74, 6) is -0.952. The fraction of sp³-hybridized carbons (Fsp3) is 0.672. The molecule has 1 unspecified atom stereocenters. The van der Waals surface area contributed by atoms with E-state index < -0.39 is 6.10 Å². The van der Waals surface area contributed by atoms with Gasteiger partial charge in [0.25, 0.3) is 0 Å². The molecule has 0 aromatic carbocycles. The number of hydrogen-bond acceptors (Lipinski definition) is 6. The first-order chi connectivity index (χ1) is 31.5. The summed E-state index contributed by atoms with van der Waals surface area (Å²) in [6.07, 6.45) is 68.6. The van der Waals surface area contributed by atoms with E-state index in [-0.39, 0.29) is 31.1 Å². The van der Waals surface area contributed by atoms with Crippen molar-refractivity contribution in [3.8, 4) is 0 Å². The monoisotopic (exact) mass is 889 g/mol. The van der Waals surface area contributed by atoms with Crippen LogP contribution in [0, 0.1) is 0 Å². The molecular formula is C58H96O6. The first kappa shape index (κ1) is 60.3. The highest BCUT2D eigenvalue weighted by molar-refractivity contribution is 5.71. The second-order valence-corrected chi connectivity index (χ2v) is 17.1. The Morgan fingerprint density at radius 3 is 0.953 bits per heavy atom. The summed E-state index contributed by atoms with van der Waals surface area (Å²) in [5, 5.41) is 0. The topological polar surface area (TPSA) is 78.9 Å². The highest BCUT2D eigenvalue weighted by Gasteiger charge is 2.19. The van der Waals surface area contributed by atoms with Crippen molar-refractivity contribution in [3.05, 3.63) is 97.2 Å². The molecule has 64 heavy (non-hydrogen) atoms. The molecule has 0 saturated carbocycles. The Morgan fingerprint density at radius 2 is 0.609 bits per heavy atom. The van der Waals surface area contributed by atoms with Gasteiger partial charge in [0.05, 0.1) is 0 Å². The average molecular weight is 889 g/mol. The fourth-order valence-corrected chi connectivity index (χ4v) is 6.93. The van der Waals surface area contributed by atoms with Gasteiger partial charge in [-0.3, -0.25) is 14.4 Å². The predicted octanol–water partition coefficient (Wildman–Crippen LogP) is 17.4. The third-order valence-electron chi connectivity index (χ3n) is 10.9. The number of unbranched alkanes of at least 4 members (excludes halogenated alkanes) is 19. The molecule has 6 nitrogen and oxygen atoms in total. The van der Waals surface area contributed by atoms with Crippen LogP contribution in [0.25, 0.3) is 0 Å². The smallest absolute Gasteiger partial charge is 0.306 e. The number of carbonyl (C=O) groups excluding carboxylic acids is 3. The van der Waals surface area contributed by atoms with Crippen LogP contribution in [0.4, 0.5) is 0 Å². The van der Waals surface area contributed by atoms with Gasteiger partial charge in [0, 0.05) is 19.3 Å². The molecule has 6 heteroatoms. The molecular weight excluding hydrogens is 793 g/mol. The Bertz CT molecular complexity index is 1300. The largest absolute Gasteiger partial charge is 0.462 e. The normalized spacial score (nSPS) is 12.9. The number of allylic oxidation sites excluding steroid dienone is 16. The Morgan fingerprint density at radius 1 is 0.328 bits per heavy atom. The molecule has 0 aromatic rings. The van der Waals surface area contributed by atoms with Crippen LogP contribution >= 0.6 is 0 Å². The Hall–Kier alpha value is -3.67. The molecule has 0 bridgehead atoms. The number of esters is 3. The molecule has 0 aromatic heterocycles. The third-order valence-corrected chi connectivity index (χ3v) is 10.9. The zero-order valence-corrected chi connectivity index (χ0v) is 41.5. The summed E-state index contributed by atoms with van der Waals surface area (Å²) in [4.78, 5) is 37.6. The van der Waals surface area contributed by atoms with Crippen LogP contribution in [0.1, 0.15) is 233 Å². The van der Waals surface area contributed by atoms with Crippen molar-refractivity contribution >= 4 is 17.9 Å². The SMILES string of the molecule is CC/C=C\C/C=C\C/C=C\C/C=C\C/C=C\C/C=C\C/C=C\C/C=C\CCCCC(=O)OCC(COC(=O)CCCCCCC)OC(=O)CCCCCCCCCCCCCCCC. The molecule has 0 saturated heterocycles. The number of carbonyl (C=O) groups is 3. The van der Waals surface area contributed by atoms with Crippen LogP contribution in [0.2, 0.25) is 0 Å². The minimum absolute atomic E-state index is 0.0911. The maximum Gasteiger partial charge on any atom is 0.306 e. The summed E-state index contributed by atoms with van der Waals surface area (Å²) in [6.45, 7) is 6.39. The van der Waals surface area contributed by atoms with Gasteiger partial charge in [-0.25, -0.2) is 0 Å². The van der Waals surface area contributed by atoms with Crippen molar-refractivity contribution in [2.75, 3.05) is 13.2 Å². The van der Waals surface area contributed by atoms with Gasteiger partial charge in [0.2, 0.25) is 0 Å². The molecule has 0 radical (unpaired) electrons. The Balaban J connectivity index is 4.23. The molecule has 1 atom stereocenters. The van der Waals surface area contributed by atoms with Crippen molar-refractivity contribution in [1.82, 2.24) is 0 Å². The van der Waals surface area contributed by atoms with E-state index in [1.165, 1.54) is 77.0 Å². The molecule has 0 rings (SSSR count). The van der Waals surface area contributed by atoms with Gasteiger partial charge in [-0.05, 0) is 83.5 Å². The quantitative estimate of drug-likeness (QED) is 0.0262. The molecule has 0 fully saturated rings. The minimum Gasteiger partial charge on any atom is -0.462 e. The Labute approximate surface area is 394 Å². The first-order valence-electron chi connectivity index (χ1n) is 26.2. The molecule has 0 aliphatic carbocycles. The second kappa shape index (κ2) is 52.0. The molecule has 0 amide bonds. The standard InChI is InChI=1S/C58H96O6/c1-4-7-10-13-15-17-19-21-23-24-25-26-27-28-29-30-31-32-33-34-35-37-38-40-42-45-48-51-57(60)63-54-55(53-62-56(59)50-47-44-12-9-6-3)64-58(61)52-49-46-43-41-39-36-22-20-18-16-14-11-8-5-2/h7,10,15,17,21,23,25-26,28-29,31-32,34-35,38,40,55H,4-6,8-9,11-14,16,18-20,22,24,27,30,33,36-37,39,41-54H2,1-3H3/b10-7-,17-15-,23-21-,26-25-,29-28-,32-31-,35-34-,40-38-. The van der Waals surface area contributed by atoms with Crippen LogP contribution in [-0.4, -0.2) is 37.2 Å². The molecule has 0 aliphatic heterocycles. The van der Waals surface area contributed by atoms with E-state index in [1.807, 2.05) is 0 Å². The highest BCUT2D eigenvalue weighted by atomic mass is 16.6. The number of ether oxygens (including phenoxy) is 3. The second-order valence-electron chi connectivity index (χ2n) is 17.1. The van der Waals surface area contributed by atoms with Crippen molar-refractivity contribution in [1.29, 1.82) is 0 Å². The zero-order valence-electron chi connectivity index (χ0n) is 41.5. The minimum atomic E-state index is -0.789. The van der Waals surface area contributed by atoms with Gasteiger partial charge in [-0.1, -0.05) is 227 Å². The van der Waals surface area contributed by atoms with E-state index in [0.717, 1.165) is 116 Å². The van der Waals surface area contributed by atoms with Gasteiger partial charge in [0.15, 0.2) is 6.10 Å². The molecule has 0 aliphatic rings. The van der Waals surface area contributed by atoms with Gasteiger partial charge in [-0.2, -0.15) is 0 Å². The average Bonchev–Trinajstić information content (AvgIpc) is 3.29. The molecule has 0 N–H and O–H groups in total. The summed E-state index contributed by atoms with van der Waals surface area (Å²) in [5.41, 5.74) is 0. The first-order valence-corrected chi connectivity index (χ1v) is 26.2. The van der Waals surface area contributed by atoms with Gasteiger partial charge in [0.1, 0.15) is 13.2 Å². The van der Waals surface area contributed by atoms with Crippen molar-refractivity contribution in [3.63, 3.8) is 0 Å². The van der Waals surface area contributed by atoms with E-state index in [0.29, 0.717) is 19.3 Å². The molecule has 0 heterocycles. The third kappa shape index (κ3) is 49.3. The zero-order chi connectivity index (χ0) is 46.5. The van der Waals surface area contributed by atoms with Gasteiger partial charge < -0.3 is 14.2 Å². The van der Waals surface area contributed by atoms with Crippen molar-refractivity contribution < 1.29 is 28.6 Å². The lowest BCUT2D eigenvalue weighted by molar-refractivity contribution is -0.167. The molecule has 364 valence electrons.